The van der Waals surface area contributed by atoms with E-state index in [9.17, 15) is 0 Å². The zero-order valence-electron chi connectivity index (χ0n) is 11.3. The second-order valence-electron chi connectivity index (χ2n) is 5.55. The highest BCUT2D eigenvalue weighted by molar-refractivity contribution is 5.29. The normalized spacial score (nSPS) is 22.9. The van der Waals surface area contributed by atoms with Crippen LogP contribution in [0.3, 0.4) is 0 Å². The molecule has 0 saturated carbocycles. The first-order valence-electron chi connectivity index (χ1n) is 6.67. The van der Waals surface area contributed by atoms with Crippen LogP contribution >= 0.6 is 0 Å². The molecule has 0 spiro atoms. The molecule has 0 unspecified atom stereocenters. The Kier molecular flexibility index (Phi) is 4.05. The lowest BCUT2D eigenvalue weighted by Crippen LogP contribution is -2.51. The molecule has 1 aromatic carbocycles. The molecule has 3 nitrogen and oxygen atoms in total. The van der Waals surface area contributed by atoms with Crippen molar-refractivity contribution in [2.75, 3.05) is 19.8 Å². The number of nitrogens with zero attached hydrogens (tertiary/aromatic N) is 1. The van der Waals surface area contributed by atoms with Crippen LogP contribution in [0.2, 0.25) is 0 Å². The van der Waals surface area contributed by atoms with E-state index in [0.29, 0.717) is 5.54 Å². The molecule has 3 heteroatoms. The van der Waals surface area contributed by atoms with Crippen molar-refractivity contribution < 1.29 is 4.74 Å². The molecule has 0 atom stereocenters. The van der Waals surface area contributed by atoms with E-state index in [4.69, 9.17) is 4.74 Å². The molecule has 0 aromatic heterocycles. The predicted octanol–water partition coefficient (Wildman–Crippen LogP) is 2.78. The fourth-order valence-electron chi connectivity index (χ4n) is 3.08. The Balaban J connectivity index is 0.00000120. The van der Waals surface area contributed by atoms with Gasteiger partial charge in [0.2, 0.25) is 0 Å². The molecular weight excluding hydrogens is 224 g/mol. The van der Waals surface area contributed by atoms with Crippen LogP contribution in [0.5, 0.6) is 0 Å². The number of benzene rings is 1. The van der Waals surface area contributed by atoms with E-state index in [0.717, 1.165) is 19.8 Å². The minimum absolute atomic E-state index is 0. The maximum atomic E-state index is 5.50. The number of hydrogen-bond acceptors (Lipinski definition) is 3. The smallest absolute Gasteiger partial charge is 0.0483 e. The van der Waals surface area contributed by atoms with Crippen molar-refractivity contribution in [3.8, 4) is 0 Å². The van der Waals surface area contributed by atoms with Crippen LogP contribution < -0.4 is 6.15 Å². The molecule has 0 radical (unpaired) electrons. The third-order valence-corrected chi connectivity index (χ3v) is 4.46. The number of ether oxygens (including phenoxy) is 1. The van der Waals surface area contributed by atoms with E-state index in [1.807, 2.05) is 0 Å². The average molecular weight is 248 g/mol. The van der Waals surface area contributed by atoms with Crippen molar-refractivity contribution in [3.63, 3.8) is 0 Å². The standard InChI is InChI=1S/C15H21NO.H3N/c1-15(7-10-17-11-8-15)16-9-6-13-4-2-3-5-14(13)12-16;/h2-5H,6-12H2,1H3;1H3. The van der Waals surface area contributed by atoms with Crippen molar-refractivity contribution in [3.05, 3.63) is 35.4 Å². The van der Waals surface area contributed by atoms with Crippen molar-refractivity contribution in [2.24, 2.45) is 0 Å². The highest BCUT2D eigenvalue weighted by Gasteiger charge is 2.35. The molecule has 1 saturated heterocycles. The Morgan fingerprint density at radius 1 is 1.11 bits per heavy atom. The molecule has 1 aromatic rings. The van der Waals surface area contributed by atoms with Gasteiger partial charge in [0.05, 0.1) is 0 Å². The van der Waals surface area contributed by atoms with E-state index >= 15 is 0 Å². The molecular formula is C15H24N2O. The zero-order chi connectivity index (χ0) is 11.7. The largest absolute Gasteiger partial charge is 0.381 e. The zero-order valence-corrected chi connectivity index (χ0v) is 11.3. The number of hydrogen-bond donors (Lipinski definition) is 1. The molecule has 2 aliphatic heterocycles. The fourth-order valence-corrected chi connectivity index (χ4v) is 3.08. The van der Waals surface area contributed by atoms with Gasteiger partial charge in [-0.3, -0.25) is 4.90 Å². The average Bonchev–Trinajstić information content (AvgIpc) is 2.39. The van der Waals surface area contributed by atoms with Crippen molar-refractivity contribution >= 4 is 0 Å². The summed E-state index contributed by atoms with van der Waals surface area (Å²) < 4.78 is 5.50. The second kappa shape index (κ2) is 5.39. The van der Waals surface area contributed by atoms with E-state index in [1.54, 1.807) is 5.56 Å². The van der Waals surface area contributed by atoms with Gasteiger partial charge in [0.1, 0.15) is 0 Å². The lowest BCUT2D eigenvalue weighted by Gasteiger charge is -2.46. The molecule has 3 rings (SSSR count). The quantitative estimate of drug-likeness (QED) is 0.831. The third kappa shape index (κ3) is 2.44. The first-order chi connectivity index (χ1) is 8.28. The Labute approximate surface area is 110 Å². The van der Waals surface area contributed by atoms with Gasteiger partial charge in [-0.1, -0.05) is 24.3 Å². The number of rotatable bonds is 1. The summed E-state index contributed by atoms with van der Waals surface area (Å²) in [6.07, 6.45) is 3.55. The Morgan fingerprint density at radius 2 is 1.78 bits per heavy atom. The SMILES string of the molecule is CC1(N2CCc3ccccc3C2)CCOCC1.N. The summed E-state index contributed by atoms with van der Waals surface area (Å²) in [5.74, 6) is 0. The summed E-state index contributed by atoms with van der Waals surface area (Å²) in [6.45, 7) is 6.58. The summed E-state index contributed by atoms with van der Waals surface area (Å²) in [6, 6.07) is 8.88. The molecule has 18 heavy (non-hydrogen) atoms. The summed E-state index contributed by atoms with van der Waals surface area (Å²) in [5, 5.41) is 0. The fraction of sp³-hybridized carbons (Fsp3) is 0.600. The second-order valence-corrected chi connectivity index (χ2v) is 5.55. The summed E-state index contributed by atoms with van der Waals surface area (Å²) in [5.41, 5.74) is 3.41. The minimum Gasteiger partial charge on any atom is -0.381 e. The molecule has 3 N–H and O–H groups in total. The van der Waals surface area contributed by atoms with Crippen molar-refractivity contribution in [1.82, 2.24) is 11.1 Å². The first kappa shape index (κ1) is 13.5. The van der Waals surface area contributed by atoms with Gasteiger partial charge in [0.15, 0.2) is 0 Å². The van der Waals surface area contributed by atoms with Crippen LogP contribution in [0, 0.1) is 0 Å². The molecule has 2 heterocycles. The highest BCUT2D eigenvalue weighted by Crippen LogP contribution is 2.32. The van der Waals surface area contributed by atoms with Gasteiger partial charge >= 0.3 is 0 Å². The van der Waals surface area contributed by atoms with Gasteiger partial charge in [-0.05, 0) is 37.3 Å². The molecule has 0 amide bonds. The van der Waals surface area contributed by atoms with Gasteiger partial charge in [-0.2, -0.15) is 0 Å². The molecule has 1 fully saturated rings. The first-order valence-corrected chi connectivity index (χ1v) is 6.67. The van der Waals surface area contributed by atoms with Crippen LogP contribution in [-0.2, 0) is 17.7 Å². The molecule has 100 valence electrons. The maximum absolute atomic E-state index is 5.50. The van der Waals surface area contributed by atoms with Crippen LogP contribution in [0.25, 0.3) is 0 Å². The van der Waals surface area contributed by atoms with E-state index < -0.39 is 0 Å². The van der Waals surface area contributed by atoms with Crippen LogP contribution in [0.1, 0.15) is 30.9 Å². The minimum atomic E-state index is 0. The Bertz CT molecular complexity index is 399. The lowest BCUT2D eigenvalue weighted by molar-refractivity contribution is -0.0252. The van der Waals surface area contributed by atoms with Crippen molar-refractivity contribution in [1.29, 1.82) is 0 Å². The molecule has 0 aliphatic carbocycles. The highest BCUT2D eigenvalue weighted by atomic mass is 16.5. The Hall–Kier alpha value is -0.900. The van der Waals surface area contributed by atoms with E-state index in [1.165, 1.54) is 31.4 Å². The van der Waals surface area contributed by atoms with E-state index in [-0.39, 0.29) is 6.15 Å². The van der Waals surface area contributed by atoms with Crippen LogP contribution in [-0.4, -0.2) is 30.2 Å². The third-order valence-electron chi connectivity index (χ3n) is 4.46. The topological polar surface area (TPSA) is 47.5 Å². The van der Waals surface area contributed by atoms with Crippen LogP contribution in [0.15, 0.2) is 24.3 Å². The molecule has 0 bridgehead atoms. The maximum Gasteiger partial charge on any atom is 0.0483 e. The van der Waals surface area contributed by atoms with Gasteiger partial charge < -0.3 is 10.9 Å². The predicted molar refractivity (Wildman–Crippen MR) is 74.0 cm³/mol. The summed E-state index contributed by atoms with van der Waals surface area (Å²) in [4.78, 5) is 2.66. The molecule has 2 aliphatic rings. The summed E-state index contributed by atoms with van der Waals surface area (Å²) >= 11 is 0. The van der Waals surface area contributed by atoms with Gasteiger partial charge in [-0.25, -0.2) is 0 Å². The van der Waals surface area contributed by atoms with E-state index in [2.05, 4.69) is 36.1 Å². The van der Waals surface area contributed by atoms with Gasteiger partial charge in [0, 0.05) is 31.8 Å². The van der Waals surface area contributed by atoms with Crippen LogP contribution in [0.4, 0.5) is 0 Å². The Morgan fingerprint density at radius 3 is 2.50 bits per heavy atom. The number of fused-ring (bicyclic) bond motifs is 1. The van der Waals surface area contributed by atoms with Gasteiger partial charge in [-0.15, -0.1) is 0 Å². The lowest BCUT2D eigenvalue weighted by atomic mass is 9.87. The monoisotopic (exact) mass is 248 g/mol. The summed E-state index contributed by atoms with van der Waals surface area (Å²) in [7, 11) is 0. The van der Waals surface area contributed by atoms with Crippen molar-refractivity contribution in [2.45, 2.75) is 38.3 Å². The van der Waals surface area contributed by atoms with Gasteiger partial charge in [0.25, 0.3) is 0 Å².